The van der Waals surface area contributed by atoms with Crippen LogP contribution >= 0.6 is 11.3 Å². The molecule has 0 aromatic carbocycles. The summed E-state index contributed by atoms with van der Waals surface area (Å²) in [6.07, 6.45) is 2.66. The molecule has 0 aliphatic heterocycles. The summed E-state index contributed by atoms with van der Waals surface area (Å²) in [6.45, 7) is 6.03. The fourth-order valence-corrected chi connectivity index (χ4v) is 2.50. The monoisotopic (exact) mass is 236 g/mol. The molecule has 0 fully saturated rings. The minimum absolute atomic E-state index is 0.775. The Labute approximate surface area is 99.5 Å². The van der Waals surface area contributed by atoms with Gasteiger partial charge in [0, 0.05) is 6.54 Å². The number of aryl methyl sites for hydroxylation is 1. The third-order valence-electron chi connectivity index (χ3n) is 2.43. The standard InChI is InChI=1S/C12H16N2OS/c1-3-5-13-7-10-11(15-8-14-10)12-9(2)4-6-16-12/h4,6,8,13H,3,5,7H2,1-2H3. The minimum atomic E-state index is 0.775. The van der Waals surface area contributed by atoms with E-state index in [-0.39, 0.29) is 0 Å². The molecule has 0 spiro atoms. The second-order valence-electron chi connectivity index (χ2n) is 3.74. The Hall–Kier alpha value is -1.13. The average molecular weight is 236 g/mol. The van der Waals surface area contributed by atoms with Crippen molar-refractivity contribution in [2.45, 2.75) is 26.8 Å². The van der Waals surface area contributed by atoms with Gasteiger partial charge in [-0.1, -0.05) is 6.92 Å². The van der Waals surface area contributed by atoms with Crippen molar-refractivity contribution in [2.24, 2.45) is 0 Å². The third kappa shape index (κ3) is 2.33. The molecule has 0 aliphatic rings. The fraction of sp³-hybridized carbons (Fsp3) is 0.417. The smallest absolute Gasteiger partial charge is 0.181 e. The Morgan fingerprint density at radius 2 is 2.38 bits per heavy atom. The highest BCUT2D eigenvalue weighted by atomic mass is 32.1. The van der Waals surface area contributed by atoms with Gasteiger partial charge in [0.15, 0.2) is 12.2 Å². The molecule has 2 rings (SSSR count). The molecule has 2 aromatic rings. The van der Waals surface area contributed by atoms with E-state index >= 15 is 0 Å². The Bertz CT molecular complexity index is 447. The predicted molar refractivity (Wildman–Crippen MR) is 66.6 cm³/mol. The maximum atomic E-state index is 5.48. The molecule has 0 aliphatic carbocycles. The van der Waals surface area contributed by atoms with Crippen molar-refractivity contribution in [3.05, 3.63) is 29.1 Å². The zero-order valence-corrected chi connectivity index (χ0v) is 10.4. The fourth-order valence-electron chi connectivity index (χ4n) is 1.57. The molecule has 86 valence electrons. The number of nitrogens with one attached hydrogen (secondary N) is 1. The molecule has 0 bridgehead atoms. The number of nitrogens with zero attached hydrogens (tertiary/aromatic N) is 1. The van der Waals surface area contributed by atoms with Crippen molar-refractivity contribution in [3.8, 4) is 10.6 Å². The van der Waals surface area contributed by atoms with Gasteiger partial charge in [0.05, 0.1) is 4.88 Å². The van der Waals surface area contributed by atoms with Gasteiger partial charge in [0.2, 0.25) is 0 Å². The largest absolute Gasteiger partial charge is 0.442 e. The molecule has 0 radical (unpaired) electrons. The van der Waals surface area contributed by atoms with Gasteiger partial charge in [-0.3, -0.25) is 0 Å². The molecule has 4 heteroatoms. The van der Waals surface area contributed by atoms with E-state index in [1.54, 1.807) is 11.3 Å². The van der Waals surface area contributed by atoms with Crippen molar-refractivity contribution in [3.63, 3.8) is 0 Å². The lowest BCUT2D eigenvalue weighted by atomic mass is 10.2. The van der Waals surface area contributed by atoms with E-state index in [4.69, 9.17) is 4.42 Å². The summed E-state index contributed by atoms with van der Waals surface area (Å²) in [5.41, 5.74) is 2.25. The maximum absolute atomic E-state index is 5.48. The van der Waals surface area contributed by atoms with Gasteiger partial charge < -0.3 is 9.73 Å². The van der Waals surface area contributed by atoms with Crippen molar-refractivity contribution >= 4 is 11.3 Å². The number of hydrogen-bond donors (Lipinski definition) is 1. The van der Waals surface area contributed by atoms with Crippen LogP contribution < -0.4 is 5.32 Å². The summed E-state index contributed by atoms with van der Waals surface area (Å²) in [5, 5.41) is 5.42. The number of rotatable bonds is 5. The van der Waals surface area contributed by atoms with E-state index in [9.17, 15) is 0 Å². The first-order chi connectivity index (χ1) is 7.83. The van der Waals surface area contributed by atoms with E-state index < -0.39 is 0 Å². The molecular weight excluding hydrogens is 220 g/mol. The average Bonchev–Trinajstić information content (AvgIpc) is 2.87. The van der Waals surface area contributed by atoms with Crippen LogP contribution in [0.25, 0.3) is 10.6 Å². The lowest BCUT2D eigenvalue weighted by molar-refractivity contribution is 0.570. The molecule has 3 nitrogen and oxygen atoms in total. The summed E-state index contributed by atoms with van der Waals surface area (Å²) in [6, 6.07) is 2.10. The van der Waals surface area contributed by atoms with Crippen LogP contribution in [0.15, 0.2) is 22.3 Å². The third-order valence-corrected chi connectivity index (χ3v) is 3.44. The van der Waals surface area contributed by atoms with Gasteiger partial charge in [-0.05, 0) is 36.9 Å². The molecule has 0 saturated carbocycles. The van der Waals surface area contributed by atoms with E-state index in [2.05, 4.69) is 35.6 Å². The number of hydrogen-bond acceptors (Lipinski definition) is 4. The summed E-state index contributed by atoms with van der Waals surface area (Å²) in [4.78, 5) is 5.45. The van der Waals surface area contributed by atoms with Crippen molar-refractivity contribution in [1.82, 2.24) is 10.3 Å². The lowest BCUT2D eigenvalue weighted by Gasteiger charge is -2.02. The van der Waals surface area contributed by atoms with Crippen LogP contribution in [0.4, 0.5) is 0 Å². The van der Waals surface area contributed by atoms with E-state index in [1.807, 2.05) is 0 Å². The minimum Gasteiger partial charge on any atom is -0.442 e. The summed E-state index contributed by atoms with van der Waals surface area (Å²) >= 11 is 1.70. The van der Waals surface area contributed by atoms with Crippen LogP contribution in [0.5, 0.6) is 0 Å². The maximum Gasteiger partial charge on any atom is 0.181 e. The summed E-state index contributed by atoms with van der Waals surface area (Å²) < 4.78 is 5.48. The van der Waals surface area contributed by atoms with Gasteiger partial charge in [0.25, 0.3) is 0 Å². The molecule has 1 N–H and O–H groups in total. The summed E-state index contributed by atoms with van der Waals surface area (Å²) in [5.74, 6) is 0.913. The second kappa shape index (κ2) is 5.27. The van der Waals surface area contributed by atoms with Gasteiger partial charge in [-0.25, -0.2) is 4.98 Å². The van der Waals surface area contributed by atoms with Crippen molar-refractivity contribution < 1.29 is 4.42 Å². The van der Waals surface area contributed by atoms with Gasteiger partial charge in [-0.2, -0.15) is 0 Å². The molecule has 2 aromatic heterocycles. The Balaban J connectivity index is 2.16. The predicted octanol–water partition coefficient (Wildman–Crippen LogP) is 3.21. The van der Waals surface area contributed by atoms with E-state index in [0.717, 1.165) is 31.0 Å². The first-order valence-electron chi connectivity index (χ1n) is 5.50. The quantitative estimate of drug-likeness (QED) is 0.810. The van der Waals surface area contributed by atoms with Gasteiger partial charge in [0.1, 0.15) is 5.69 Å². The molecule has 0 atom stereocenters. The Morgan fingerprint density at radius 3 is 3.06 bits per heavy atom. The highest BCUT2D eigenvalue weighted by Crippen LogP contribution is 2.31. The van der Waals surface area contributed by atoms with E-state index in [1.165, 1.54) is 16.8 Å². The molecule has 16 heavy (non-hydrogen) atoms. The van der Waals surface area contributed by atoms with Crippen molar-refractivity contribution in [2.75, 3.05) is 6.54 Å². The van der Waals surface area contributed by atoms with E-state index in [0.29, 0.717) is 0 Å². The topological polar surface area (TPSA) is 38.1 Å². The molecular formula is C12H16N2OS. The molecule has 2 heterocycles. The Morgan fingerprint density at radius 1 is 1.50 bits per heavy atom. The first kappa shape index (κ1) is 11.4. The second-order valence-corrected chi connectivity index (χ2v) is 4.65. The summed E-state index contributed by atoms with van der Waals surface area (Å²) in [7, 11) is 0. The van der Waals surface area contributed by atoms with Crippen molar-refractivity contribution in [1.29, 1.82) is 0 Å². The van der Waals surface area contributed by atoms with Gasteiger partial charge >= 0.3 is 0 Å². The van der Waals surface area contributed by atoms with Crippen LogP contribution in [-0.4, -0.2) is 11.5 Å². The van der Waals surface area contributed by atoms with Gasteiger partial charge in [-0.15, -0.1) is 11.3 Å². The van der Waals surface area contributed by atoms with Crippen LogP contribution in [0.3, 0.4) is 0 Å². The van der Waals surface area contributed by atoms with Crippen LogP contribution in [-0.2, 0) is 6.54 Å². The first-order valence-corrected chi connectivity index (χ1v) is 6.38. The molecule has 0 saturated heterocycles. The molecule has 0 unspecified atom stereocenters. The Kier molecular flexibility index (Phi) is 3.74. The molecule has 0 amide bonds. The lowest BCUT2D eigenvalue weighted by Crippen LogP contribution is -2.14. The zero-order valence-electron chi connectivity index (χ0n) is 9.62. The number of oxazole rings is 1. The van der Waals surface area contributed by atoms with Crippen LogP contribution in [0, 0.1) is 6.92 Å². The normalized spacial score (nSPS) is 10.9. The number of aromatic nitrogens is 1. The number of thiophene rings is 1. The highest BCUT2D eigenvalue weighted by Gasteiger charge is 2.13. The highest BCUT2D eigenvalue weighted by molar-refractivity contribution is 7.13. The SMILES string of the molecule is CCCNCc1ncoc1-c1sccc1C. The van der Waals surface area contributed by atoms with Crippen LogP contribution in [0.2, 0.25) is 0 Å². The zero-order chi connectivity index (χ0) is 11.4. The van der Waals surface area contributed by atoms with Crippen LogP contribution in [0.1, 0.15) is 24.6 Å².